The topological polar surface area (TPSA) is 79.5 Å². The number of carbonyl (C=O) groups is 2. The van der Waals surface area contributed by atoms with Crippen LogP contribution in [0, 0.1) is 0 Å². The van der Waals surface area contributed by atoms with Crippen LogP contribution in [0.3, 0.4) is 0 Å². The maximum Gasteiger partial charge on any atom is 0.405 e. The molecule has 0 aromatic heterocycles. The molecule has 0 radical (unpaired) electrons. The number of alkyl halides is 3. The van der Waals surface area contributed by atoms with E-state index in [0.717, 1.165) is 0 Å². The van der Waals surface area contributed by atoms with Gasteiger partial charge in [-0.2, -0.15) is 13.2 Å². The van der Waals surface area contributed by atoms with Crippen LogP contribution in [-0.4, -0.2) is 57.9 Å². The third kappa shape index (κ3) is 12.9. The molecule has 6 nitrogen and oxygen atoms in total. The number of ether oxygens (including phenoxy) is 1. The van der Waals surface area contributed by atoms with Crippen molar-refractivity contribution in [3.05, 3.63) is 0 Å². The van der Waals surface area contributed by atoms with Crippen molar-refractivity contribution in [3.63, 3.8) is 0 Å². The molecule has 0 atom stereocenters. The Hall–Kier alpha value is -1.35. The molecule has 2 amide bonds. The minimum atomic E-state index is -4.42. The van der Waals surface area contributed by atoms with Crippen LogP contribution in [0.4, 0.5) is 13.2 Å². The van der Waals surface area contributed by atoms with Gasteiger partial charge in [0.05, 0.1) is 13.2 Å². The molecule has 0 bridgehead atoms. The Morgan fingerprint density at radius 1 is 1.11 bits per heavy atom. The van der Waals surface area contributed by atoms with Crippen molar-refractivity contribution in [3.8, 4) is 0 Å². The number of hydrogen-bond donors (Lipinski definition) is 3. The third-order valence-corrected chi connectivity index (χ3v) is 1.93. The molecule has 0 aliphatic heterocycles. The Bertz CT molecular complexity index is 285. The number of rotatable bonds is 9. The van der Waals surface area contributed by atoms with Crippen molar-refractivity contribution >= 4 is 11.8 Å². The van der Waals surface area contributed by atoms with E-state index in [0.29, 0.717) is 13.2 Å². The van der Waals surface area contributed by atoms with Crippen molar-refractivity contribution in [1.29, 1.82) is 0 Å². The summed E-state index contributed by atoms with van der Waals surface area (Å²) in [4.78, 5) is 22.1. The average Bonchev–Trinajstić information content (AvgIpc) is 2.31. The van der Waals surface area contributed by atoms with Gasteiger partial charge < -0.3 is 20.7 Å². The summed E-state index contributed by atoms with van der Waals surface area (Å²) in [5.74, 6) is -0.989. The van der Waals surface area contributed by atoms with Crippen LogP contribution >= 0.6 is 0 Å². The molecule has 0 spiro atoms. The normalized spacial score (nSPS) is 11.2. The standard InChI is InChI=1S/C10H18F3N3O3/c1-19-5-4-15-8(17)2-3-14-6-9(18)16-7-10(11,12)13/h14H,2-7H2,1H3,(H,15,17)(H,16,18). The van der Waals surface area contributed by atoms with Crippen molar-refractivity contribution in [1.82, 2.24) is 16.0 Å². The fourth-order valence-corrected chi connectivity index (χ4v) is 1.05. The molecule has 0 unspecified atom stereocenters. The van der Waals surface area contributed by atoms with Crippen molar-refractivity contribution < 1.29 is 27.5 Å². The van der Waals surface area contributed by atoms with Gasteiger partial charge >= 0.3 is 6.18 Å². The quantitative estimate of drug-likeness (QED) is 0.495. The molecule has 9 heteroatoms. The summed E-state index contributed by atoms with van der Waals surface area (Å²) >= 11 is 0. The van der Waals surface area contributed by atoms with E-state index in [2.05, 4.69) is 10.6 Å². The Balaban J connectivity index is 3.48. The average molecular weight is 285 g/mol. The monoisotopic (exact) mass is 285 g/mol. The maximum absolute atomic E-state index is 11.8. The molecule has 0 rings (SSSR count). The van der Waals surface area contributed by atoms with Gasteiger partial charge in [-0.25, -0.2) is 0 Å². The van der Waals surface area contributed by atoms with Gasteiger partial charge in [-0.1, -0.05) is 0 Å². The SMILES string of the molecule is COCCNC(=O)CCNCC(=O)NCC(F)(F)F. The fourth-order valence-electron chi connectivity index (χ4n) is 1.05. The number of methoxy groups -OCH3 is 1. The number of amides is 2. The summed E-state index contributed by atoms with van der Waals surface area (Å²) in [6, 6.07) is 0. The molecule has 19 heavy (non-hydrogen) atoms. The van der Waals surface area contributed by atoms with Crippen molar-refractivity contribution in [2.24, 2.45) is 0 Å². The van der Waals surface area contributed by atoms with Crippen LogP contribution in [0.25, 0.3) is 0 Å². The summed E-state index contributed by atoms with van der Waals surface area (Å²) in [6.07, 6.45) is -4.28. The Kier molecular flexibility index (Phi) is 8.88. The molecule has 0 aliphatic rings. The summed E-state index contributed by atoms with van der Waals surface area (Å²) in [7, 11) is 1.51. The van der Waals surface area contributed by atoms with Crippen LogP contribution in [0.5, 0.6) is 0 Å². The van der Waals surface area contributed by atoms with Crippen LogP contribution < -0.4 is 16.0 Å². The van der Waals surface area contributed by atoms with E-state index in [-0.39, 0.29) is 25.4 Å². The third-order valence-electron chi connectivity index (χ3n) is 1.93. The highest BCUT2D eigenvalue weighted by molar-refractivity contribution is 5.78. The van der Waals surface area contributed by atoms with E-state index in [1.165, 1.54) is 7.11 Å². The maximum atomic E-state index is 11.8. The molecule has 0 aliphatic carbocycles. The molecule has 0 saturated carbocycles. The summed E-state index contributed by atoms with van der Waals surface area (Å²) in [5.41, 5.74) is 0. The van der Waals surface area contributed by atoms with Crippen LogP contribution in [-0.2, 0) is 14.3 Å². The van der Waals surface area contributed by atoms with Crippen molar-refractivity contribution in [2.75, 3.05) is 39.9 Å². The largest absolute Gasteiger partial charge is 0.405 e. The molecular formula is C10H18F3N3O3. The summed E-state index contributed by atoms with van der Waals surface area (Å²) in [6.45, 7) is -0.620. The lowest BCUT2D eigenvalue weighted by atomic mass is 10.4. The lowest BCUT2D eigenvalue weighted by Gasteiger charge is -2.09. The molecule has 3 N–H and O–H groups in total. The highest BCUT2D eigenvalue weighted by Crippen LogP contribution is 2.11. The first-order valence-electron chi connectivity index (χ1n) is 5.65. The molecule has 0 aromatic rings. The first-order chi connectivity index (χ1) is 8.85. The number of carbonyl (C=O) groups excluding carboxylic acids is 2. The Morgan fingerprint density at radius 2 is 1.79 bits per heavy atom. The van der Waals surface area contributed by atoms with Crippen LogP contribution in [0.1, 0.15) is 6.42 Å². The number of hydrogen-bond acceptors (Lipinski definition) is 4. The Morgan fingerprint density at radius 3 is 2.37 bits per heavy atom. The summed E-state index contributed by atoms with van der Waals surface area (Å²) in [5, 5.41) is 6.84. The molecule has 0 saturated heterocycles. The smallest absolute Gasteiger partial charge is 0.383 e. The fraction of sp³-hybridized carbons (Fsp3) is 0.800. The lowest BCUT2D eigenvalue weighted by molar-refractivity contribution is -0.137. The molecule has 0 aromatic carbocycles. The van der Waals surface area contributed by atoms with Crippen LogP contribution in [0.15, 0.2) is 0 Å². The zero-order valence-corrected chi connectivity index (χ0v) is 10.6. The zero-order valence-electron chi connectivity index (χ0n) is 10.6. The van der Waals surface area contributed by atoms with Gasteiger partial charge in [0, 0.05) is 26.6 Å². The first-order valence-corrected chi connectivity index (χ1v) is 5.65. The second kappa shape index (κ2) is 9.56. The highest BCUT2D eigenvalue weighted by atomic mass is 19.4. The predicted molar refractivity (Wildman–Crippen MR) is 61.4 cm³/mol. The van der Waals surface area contributed by atoms with E-state index < -0.39 is 18.6 Å². The summed E-state index contributed by atoms with van der Waals surface area (Å²) < 4.78 is 40.0. The number of nitrogens with one attached hydrogen (secondary N) is 3. The number of halogens is 3. The van der Waals surface area contributed by atoms with Gasteiger partial charge in [-0.05, 0) is 0 Å². The lowest BCUT2D eigenvalue weighted by Crippen LogP contribution is -2.40. The van der Waals surface area contributed by atoms with Gasteiger partial charge in [-0.15, -0.1) is 0 Å². The molecule has 112 valence electrons. The minimum absolute atomic E-state index is 0.135. The van der Waals surface area contributed by atoms with Gasteiger partial charge in [0.15, 0.2) is 0 Å². The predicted octanol–water partition coefficient (Wildman–Crippen LogP) is -0.593. The minimum Gasteiger partial charge on any atom is -0.383 e. The van der Waals surface area contributed by atoms with E-state index in [1.807, 2.05) is 0 Å². The zero-order chi connectivity index (χ0) is 14.7. The molecular weight excluding hydrogens is 267 g/mol. The van der Waals surface area contributed by atoms with Crippen molar-refractivity contribution in [2.45, 2.75) is 12.6 Å². The van der Waals surface area contributed by atoms with E-state index >= 15 is 0 Å². The highest BCUT2D eigenvalue weighted by Gasteiger charge is 2.27. The first kappa shape index (κ1) is 17.6. The Labute approximate surface area is 109 Å². The van der Waals surface area contributed by atoms with E-state index in [1.54, 1.807) is 5.32 Å². The van der Waals surface area contributed by atoms with E-state index in [9.17, 15) is 22.8 Å². The second-order valence-corrected chi connectivity index (χ2v) is 3.66. The van der Waals surface area contributed by atoms with Crippen LogP contribution in [0.2, 0.25) is 0 Å². The van der Waals surface area contributed by atoms with Gasteiger partial charge in [-0.3, -0.25) is 9.59 Å². The molecule has 0 fully saturated rings. The molecule has 0 heterocycles. The second-order valence-electron chi connectivity index (χ2n) is 3.66. The van der Waals surface area contributed by atoms with Gasteiger partial charge in [0.1, 0.15) is 6.54 Å². The van der Waals surface area contributed by atoms with E-state index in [4.69, 9.17) is 4.74 Å². The van der Waals surface area contributed by atoms with Gasteiger partial charge in [0.25, 0.3) is 0 Å². The van der Waals surface area contributed by atoms with Gasteiger partial charge in [0.2, 0.25) is 11.8 Å².